The number of hydrogen-bond acceptors (Lipinski definition) is 9. The number of aromatic nitrogens is 6. The standard InChI is InChI=1S/C37H31N9O3/c1-22-10-12-26(19-29(22)45-37-41-17-14-28(44-37)25-8-4-15-39-20-25)42-36(49)32(47)21-46-31-13-11-24(35(48)38-2)18-30(31)43-34(46)27-9-3-6-23-7-5-16-40-33(23)27/h3-20,32,47H,21H2,1-2H3,(H,38,48)(H,42,49)(H,41,44,45)/t32-/m0/s1. The Kier molecular flexibility index (Phi) is 8.44. The number of para-hydroxylation sites is 1. The zero-order valence-corrected chi connectivity index (χ0v) is 26.6. The van der Waals surface area contributed by atoms with Crippen molar-refractivity contribution in [1.82, 2.24) is 34.8 Å². The molecule has 2 amide bonds. The number of fused-ring (bicyclic) bond motifs is 2. The average molecular weight is 650 g/mol. The van der Waals surface area contributed by atoms with Gasteiger partial charge in [0.2, 0.25) is 5.95 Å². The molecular formula is C37H31N9O3. The van der Waals surface area contributed by atoms with Gasteiger partial charge < -0.3 is 25.6 Å². The molecule has 0 saturated carbocycles. The average Bonchev–Trinajstić information content (AvgIpc) is 3.49. The highest BCUT2D eigenvalue weighted by Crippen LogP contribution is 2.31. The predicted molar refractivity (Wildman–Crippen MR) is 188 cm³/mol. The van der Waals surface area contributed by atoms with Crippen molar-refractivity contribution < 1.29 is 14.7 Å². The van der Waals surface area contributed by atoms with Gasteiger partial charge in [0.25, 0.3) is 11.8 Å². The molecule has 7 rings (SSSR count). The number of amides is 2. The van der Waals surface area contributed by atoms with E-state index >= 15 is 0 Å². The number of aliphatic hydroxyl groups is 1. The van der Waals surface area contributed by atoms with E-state index in [0.717, 1.165) is 27.6 Å². The molecule has 0 spiro atoms. The summed E-state index contributed by atoms with van der Waals surface area (Å²) in [6.45, 7) is 1.82. The van der Waals surface area contributed by atoms with Crippen LogP contribution < -0.4 is 16.0 Å². The van der Waals surface area contributed by atoms with Crippen LogP contribution in [-0.4, -0.2) is 59.6 Å². The van der Waals surface area contributed by atoms with E-state index in [0.29, 0.717) is 45.4 Å². The Morgan fingerprint density at radius 3 is 2.59 bits per heavy atom. The summed E-state index contributed by atoms with van der Waals surface area (Å²) in [6, 6.07) is 25.7. The van der Waals surface area contributed by atoms with Crippen molar-refractivity contribution in [3.63, 3.8) is 0 Å². The molecule has 4 aromatic heterocycles. The lowest BCUT2D eigenvalue weighted by Gasteiger charge is -2.17. The van der Waals surface area contributed by atoms with Crippen molar-refractivity contribution >= 4 is 51.1 Å². The smallest absolute Gasteiger partial charge is 0.255 e. The fourth-order valence-corrected chi connectivity index (χ4v) is 5.62. The van der Waals surface area contributed by atoms with Gasteiger partial charge in [-0.3, -0.25) is 19.6 Å². The molecule has 3 aromatic carbocycles. The molecular weight excluding hydrogens is 618 g/mol. The first kappa shape index (κ1) is 31.1. The highest BCUT2D eigenvalue weighted by molar-refractivity contribution is 5.99. The van der Waals surface area contributed by atoms with Crippen molar-refractivity contribution in [1.29, 1.82) is 0 Å². The van der Waals surface area contributed by atoms with Crippen LogP contribution in [0.3, 0.4) is 0 Å². The lowest BCUT2D eigenvalue weighted by molar-refractivity contribution is -0.124. The molecule has 12 heteroatoms. The van der Waals surface area contributed by atoms with Crippen LogP contribution in [0.5, 0.6) is 0 Å². The Balaban J connectivity index is 1.16. The van der Waals surface area contributed by atoms with E-state index in [1.54, 1.807) is 72.8 Å². The van der Waals surface area contributed by atoms with Gasteiger partial charge in [-0.05, 0) is 73.2 Å². The predicted octanol–water partition coefficient (Wildman–Crippen LogP) is 5.51. The molecule has 0 bridgehead atoms. The maximum absolute atomic E-state index is 13.5. The zero-order valence-electron chi connectivity index (χ0n) is 26.6. The monoisotopic (exact) mass is 649 g/mol. The number of benzene rings is 3. The summed E-state index contributed by atoms with van der Waals surface area (Å²) in [4.78, 5) is 48.4. The minimum absolute atomic E-state index is 0.105. The number of nitrogens with one attached hydrogen (secondary N) is 3. The molecule has 7 aromatic rings. The van der Waals surface area contributed by atoms with Crippen LogP contribution in [0.2, 0.25) is 0 Å². The molecule has 242 valence electrons. The van der Waals surface area contributed by atoms with Crippen LogP contribution in [0.4, 0.5) is 17.3 Å². The van der Waals surface area contributed by atoms with E-state index in [1.165, 1.54) is 0 Å². The van der Waals surface area contributed by atoms with Crippen molar-refractivity contribution in [2.24, 2.45) is 0 Å². The molecule has 0 aliphatic rings. The third-order valence-electron chi connectivity index (χ3n) is 8.13. The fraction of sp³-hybridized carbons (Fsp3) is 0.108. The van der Waals surface area contributed by atoms with Gasteiger partial charge in [0.05, 0.1) is 28.8 Å². The summed E-state index contributed by atoms with van der Waals surface area (Å²) in [5, 5.41) is 20.9. The molecule has 0 saturated heterocycles. The number of aryl methyl sites for hydroxylation is 1. The third kappa shape index (κ3) is 6.40. The van der Waals surface area contributed by atoms with Crippen molar-refractivity contribution in [3.05, 3.63) is 121 Å². The van der Waals surface area contributed by atoms with Gasteiger partial charge in [0.1, 0.15) is 5.82 Å². The fourth-order valence-electron chi connectivity index (χ4n) is 5.62. The molecule has 0 aliphatic heterocycles. The van der Waals surface area contributed by atoms with Crippen LogP contribution in [0, 0.1) is 6.92 Å². The SMILES string of the molecule is CNC(=O)c1ccc2c(c1)nc(-c1cccc3cccnc13)n2C[C@H](O)C(=O)Nc1ccc(C)c(Nc2nccc(-c3cccnc3)n2)c1. The summed E-state index contributed by atoms with van der Waals surface area (Å²) in [7, 11) is 1.56. The first-order valence-corrected chi connectivity index (χ1v) is 15.5. The Bertz CT molecular complexity index is 2330. The Labute approximate surface area is 280 Å². The molecule has 0 unspecified atom stereocenters. The van der Waals surface area contributed by atoms with Crippen molar-refractivity contribution in [2.45, 2.75) is 19.6 Å². The van der Waals surface area contributed by atoms with E-state index in [-0.39, 0.29) is 12.5 Å². The Morgan fingerprint density at radius 1 is 0.898 bits per heavy atom. The largest absolute Gasteiger partial charge is 0.381 e. The normalized spacial score (nSPS) is 11.7. The summed E-state index contributed by atoms with van der Waals surface area (Å²) in [5.41, 5.74) is 6.73. The van der Waals surface area contributed by atoms with Crippen LogP contribution in [0.15, 0.2) is 110 Å². The number of hydrogen-bond donors (Lipinski definition) is 4. The number of imidazole rings is 1. The molecule has 0 aliphatic carbocycles. The second kappa shape index (κ2) is 13.3. The highest BCUT2D eigenvalue weighted by atomic mass is 16.3. The lowest BCUT2D eigenvalue weighted by Crippen LogP contribution is -2.31. The molecule has 0 radical (unpaired) electrons. The summed E-state index contributed by atoms with van der Waals surface area (Å²) < 4.78 is 1.78. The maximum atomic E-state index is 13.5. The maximum Gasteiger partial charge on any atom is 0.255 e. The Morgan fingerprint density at radius 2 is 1.76 bits per heavy atom. The van der Waals surface area contributed by atoms with E-state index in [1.807, 2.05) is 55.5 Å². The first-order valence-electron chi connectivity index (χ1n) is 15.5. The lowest BCUT2D eigenvalue weighted by atomic mass is 10.1. The molecule has 4 heterocycles. The summed E-state index contributed by atoms with van der Waals surface area (Å²) in [6.07, 6.45) is 5.35. The van der Waals surface area contributed by atoms with Gasteiger partial charge in [-0.1, -0.05) is 24.3 Å². The van der Waals surface area contributed by atoms with Crippen molar-refractivity contribution in [3.8, 4) is 22.6 Å². The molecule has 4 N–H and O–H groups in total. The number of aliphatic hydroxyl groups excluding tert-OH is 1. The van der Waals surface area contributed by atoms with Crippen molar-refractivity contribution in [2.75, 3.05) is 17.7 Å². The number of carbonyl (C=O) groups is 2. The minimum atomic E-state index is -1.45. The number of rotatable bonds is 9. The summed E-state index contributed by atoms with van der Waals surface area (Å²) in [5.74, 6) is 0.0462. The van der Waals surface area contributed by atoms with E-state index < -0.39 is 12.0 Å². The molecule has 1 atom stereocenters. The molecule has 49 heavy (non-hydrogen) atoms. The van der Waals surface area contributed by atoms with Crippen LogP contribution in [-0.2, 0) is 11.3 Å². The van der Waals surface area contributed by atoms with E-state index in [2.05, 4.69) is 35.9 Å². The minimum Gasteiger partial charge on any atom is -0.381 e. The second-order valence-corrected chi connectivity index (χ2v) is 11.4. The zero-order chi connectivity index (χ0) is 33.9. The Hall–Kier alpha value is -6.53. The third-order valence-corrected chi connectivity index (χ3v) is 8.13. The van der Waals surface area contributed by atoms with E-state index in [9.17, 15) is 14.7 Å². The molecule has 0 fully saturated rings. The van der Waals surface area contributed by atoms with Gasteiger partial charge in [-0.25, -0.2) is 15.0 Å². The van der Waals surface area contributed by atoms with Gasteiger partial charge in [0, 0.05) is 65.3 Å². The number of carbonyl (C=O) groups excluding carboxylic acids is 2. The van der Waals surface area contributed by atoms with Crippen LogP contribution in [0.25, 0.3) is 44.6 Å². The van der Waals surface area contributed by atoms with Gasteiger partial charge in [-0.2, -0.15) is 0 Å². The molecule has 12 nitrogen and oxygen atoms in total. The van der Waals surface area contributed by atoms with E-state index in [4.69, 9.17) is 4.98 Å². The van der Waals surface area contributed by atoms with Gasteiger partial charge in [0.15, 0.2) is 6.10 Å². The number of anilines is 3. The number of pyridine rings is 2. The highest BCUT2D eigenvalue weighted by Gasteiger charge is 2.23. The number of nitrogens with zero attached hydrogens (tertiary/aromatic N) is 6. The van der Waals surface area contributed by atoms with Crippen LogP contribution in [0.1, 0.15) is 15.9 Å². The van der Waals surface area contributed by atoms with Gasteiger partial charge in [-0.15, -0.1) is 0 Å². The summed E-state index contributed by atoms with van der Waals surface area (Å²) >= 11 is 0. The second-order valence-electron chi connectivity index (χ2n) is 11.4. The van der Waals surface area contributed by atoms with Crippen LogP contribution >= 0.6 is 0 Å². The van der Waals surface area contributed by atoms with Gasteiger partial charge >= 0.3 is 0 Å². The topological polar surface area (TPSA) is 160 Å². The first-order chi connectivity index (χ1) is 23.9. The quantitative estimate of drug-likeness (QED) is 0.158.